The van der Waals surface area contributed by atoms with Crippen molar-refractivity contribution < 1.29 is 9.18 Å². The zero-order chi connectivity index (χ0) is 11.6. The topological polar surface area (TPSA) is 55.1 Å². The first kappa shape index (κ1) is 12.1. The molecule has 82 valence electrons. The summed E-state index contributed by atoms with van der Waals surface area (Å²) in [4.78, 5) is 11.5. The van der Waals surface area contributed by atoms with Crippen molar-refractivity contribution in [3.8, 4) is 0 Å². The number of amides is 1. The molecule has 0 heterocycles. The van der Waals surface area contributed by atoms with Gasteiger partial charge in [-0.3, -0.25) is 4.79 Å². The highest BCUT2D eigenvalue weighted by Gasteiger charge is 2.21. The average molecular weight is 275 g/mol. The van der Waals surface area contributed by atoms with Gasteiger partial charge in [0.2, 0.25) is 5.91 Å². The van der Waals surface area contributed by atoms with Crippen molar-refractivity contribution in [2.45, 2.75) is 19.4 Å². The molecule has 0 aromatic heterocycles. The summed E-state index contributed by atoms with van der Waals surface area (Å²) >= 11 is 3.03. The van der Waals surface area contributed by atoms with Crippen molar-refractivity contribution in [2.75, 3.05) is 5.32 Å². The molecular weight excluding hydrogens is 263 g/mol. The smallest absolute Gasteiger partial charge is 0.243 e. The lowest BCUT2D eigenvalue weighted by Gasteiger charge is -2.17. The number of nitrogens with two attached hydrogens (primary N) is 1. The maximum absolute atomic E-state index is 12.9. The van der Waals surface area contributed by atoms with E-state index in [4.69, 9.17) is 5.73 Å². The second-order valence-corrected chi connectivity index (χ2v) is 4.66. The minimum atomic E-state index is -0.957. The summed E-state index contributed by atoms with van der Waals surface area (Å²) in [5.41, 5.74) is 5.15. The number of benzene rings is 1. The Bertz CT molecular complexity index is 387. The van der Waals surface area contributed by atoms with E-state index >= 15 is 0 Å². The van der Waals surface area contributed by atoms with Gasteiger partial charge in [0.25, 0.3) is 0 Å². The highest BCUT2D eigenvalue weighted by atomic mass is 79.9. The Morgan fingerprint density at radius 1 is 1.53 bits per heavy atom. The lowest BCUT2D eigenvalue weighted by Crippen LogP contribution is -2.45. The van der Waals surface area contributed by atoms with E-state index in [1.54, 1.807) is 13.8 Å². The predicted octanol–water partition coefficient (Wildman–Crippen LogP) is 2.26. The molecule has 3 N–H and O–H groups in total. The highest BCUT2D eigenvalue weighted by Crippen LogP contribution is 2.20. The van der Waals surface area contributed by atoms with Crippen LogP contribution < -0.4 is 11.1 Å². The van der Waals surface area contributed by atoms with Gasteiger partial charge in [-0.1, -0.05) is 0 Å². The number of hydrogen-bond acceptors (Lipinski definition) is 2. The van der Waals surface area contributed by atoms with Crippen LogP contribution in [-0.2, 0) is 4.79 Å². The monoisotopic (exact) mass is 274 g/mol. The van der Waals surface area contributed by atoms with Crippen LogP contribution in [0.2, 0.25) is 0 Å². The number of anilines is 1. The molecule has 3 nitrogen and oxygen atoms in total. The molecule has 0 aliphatic heterocycles. The van der Waals surface area contributed by atoms with Crippen molar-refractivity contribution in [2.24, 2.45) is 5.73 Å². The van der Waals surface area contributed by atoms with Crippen LogP contribution in [0, 0.1) is 5.82 Å². The van der Waals surface area contributed by atoms with Gasteiger partial charge in [0.1, 0.15) is 5.82 Å². The molecule has 0 bridgehead atoms. The van der Waals surface area contributed by atoms with Crippen molar-refractivity contribution in [1.29, 1.82) is 0 Å². The lowest BCUT2D eigenvalue weighted by molar-refractivity contribution is -0.120. The normalized spacial score (nSPS) is 11.3. The average Bonchev–Trinajstić information content (AvgIpc) is 2.10. The zero-order valence-electron chi connectivity index (χ0n) is 8.47. The highest BCUT2D eigenvalue weighted by molar-refractivity contribution is 9.10. The SMILES string of the molecule is CC(C)(N)C(=O)Nc1ccc(F)c(Br)c1. The Labute approximate surface area is 96.0 Å². The minimum absolute atomic E-state index is 0.301. The zero-order valence-corrected chi connectivity index (χ0v) is 10.1. The van der Waals surface area contributed by atoms with Gasteiger partial charge in [-0.2, -0.15) is 0 Å². The van der Waals surface area contributed by atoms with Crippen LogP contribution in [-0.4, -0.2) is 11.4 Å². The van der Waals surface area contributed by atoms with E-state index in [0.717, 1.165) is 0 Å². The van der Waals surface area contributed by atoms with Gasteiger partial charge in [-0.15, -0.1) is 0 Å². The third-order valence-electron chi connectivity index (χ3n) is 1.76. The number of halogens is 2. The molecule has 1 rings (SSSR count). The maximum atomic E-state index is 12.9. The summed E-state index contributed by atoms with van der Waals surface area (Å²) in [6.07, 6.45) is 0. The molecule has 1 aromatic rings. The van der Waals surface area contributed by atoms with Crippen LogP contribution in [0.25, 0.3) is 0 Å². The molecule has 0 spiro atoms. The Kier molecular flexibility index (Phi) is 3.46. The fourth-order valence-corrected chi connectivity index (χ4v) is 1.24. The molecule has 1 aromatic carbocycles. The van der Waals surface area contributed by atoms with Gasteiger partial charge in [-0.05, 0) is 48.0 Å². The van der Waals surface area contributed by atoms with Crippen molar-refractivity contribution >= 4 is 27.5 Å². The number of carbonyl (C=O) groups is 1. The van der Waals surface area contributed by atoms with Gasteiger partial charge in [0.15, 0.2) is 0 Å². The van der Waals surface area contributed by atoms with Crippen LogP contribution in [0.1, 0.15) is 13.8 Å². The van der Waals surface area contributed by atoms with E-state index in [2.05, 4.69) is 21.2 Å². The van der Waals surface area contributed by atoms with Gasteiger partial charge in [0, 0.05) is 5.69 Å². The van der Waals surface area contributed by atoms with E-state index in [0.29, 0.717) is 10.2 Å². The standard InChI is InChI=1S/C10H12BrFN2O/c1-10(2,13)9(15)14-6-3-4-8(12)7(11)5-6/h3-5H,13H2,1-2H3,(H,14,15). The molecule has 0 aliphatic rings. The van der Waals surface area contributed by atoms with Crippen LogP contribution >= 0.6 is 15.9 Å². The molecule has 5 heteroatoms. The van der Waals surface area contributed by atoms with Crippen molar-refractivity contribution in [3.05, 3.63) is 28.5 Å². The molecule has 0 atom stereocenters. The molecule has 0 saturated carbocycles. The summed E-state index contributed by atoms with van der Waals surface area (Å²) < 4.78 is 13.2. The Morgan fingerprint density at radius 2 is 2.13 bits per heavy atom. The predicted molar refractivity (Wildman–Crippen MR) is 61.0 cm³/mol. The molecule has 0 saturated heterocycles. The van der Waals surface area contributed by atoms with Crippen LogP contribution in [0.4, 0.5) is 10.1 Å². The second kappa shape index (κ2) is 4.28. The van der Waals surface area contributed by atoms with Crippen molar-refractivity contribution in [3.63, 3.8) is 0 Å². The molecular formula is C10H12BrFN2O. The first-order valence-corrected chi connectivity index (χ1v) is 5.15. The Hall–Kier alpha value is -0.940. The quantitative estimate of drug-likeness (QED) is 0.869. The van der Waals surface area contributed by atoms with Crippen LogP contribution in [0.3, 0.4) is 0 Å². The third-order valence-corrected chi connectivity index (χ3v) is 2.37. The second-order valence-electron chi connectivity index (χ2n) is 3.80. The summed E-state index contributed by atoms with van der Waals surface area (Å²) in [5.74, 6) is -0.694. The van der Waals surface area contributed by atoms with Crippen LogP contribution in [0.5, 0.6) is 0 Å². The van der Waals surface area contributed by atoms with E-state index in [1.807, 2.05) is 0 Å². The first-order chi connectivity index (χ1) is 6.80. The molecule has 0 unspecified atom stereocenters. The molecule has 0 fully saturated rings. The lowest BCUT2D eigenvalue weighted by atomic mass is 10.1. The minimum Gasteiger partial charge on any atom is -0.324 e. The number of carbonyl (C=O) groups excluding carboxylic acids is 1. The summed E-state index contributed by atoms with van der Waals surface area (Å²) in [6, 6.07) is 4.23. The Balaban J connectivity index is 2.83. The molecule has 15 heavy (non-hydrogen) atoms. The number of rotatable bonds is 2. The van der Waals surface area contributed by atoms with Gasteiger partial charge >= 0.3 is 0 Å². The van der Waals surface area contributed by atoms with Crippen molar-refractivity contribution in [1.82, 2.24) is 0 Å². The summed E-state index contributed by atoms with van der Waals surface area (Å²) in [7, 11) is 0. The van der Waals surface area contributed by atoms with E-state index in [1.165, 1.54) is 18.2 Å². The summed E-state index contributed by atoms with van der Waals surface area (Å²) in [5, 5.41) is 2.59. The molecule has 1 amide bonds. The van der Waals surface area contributed by atoms with E-state index in [-0.39, 0.29) is 11.7 Å². The van der Waals surface area contributed by atoms with Crippen LogP contribution in [0.15, 0.2) is 22.7 Å². The van der Waals surface area contributed by atoms with E-state index in [9.17, 15) is 9.18 Å². The number of hydrogen-bond donors (Lipinski definition) is 2. The summed E-state index contributed by atoms with van der Waals surface area (Å²) in [6.45, 7) is 3.20. The fourth-order valence-electron chi connectivity index (χ4n) is 0.866. The van der Waals surface area contributed by atoms with Gasteiger partial charge in [0.05, 0.1) is 10.0 Å². The third kappa shape index (κ3) is 3.28. The number of nitrogens with one attached hydrogen (secondary N) is 1. The fraction of sp³-hybridized carbons (Fsp3) is 0.300. The van der Waals surface area contributed by atoms with Gasteiger partial charge in [-0.25, -0.2) is 4.39 Å². The Morgan fingerprint density at radius 3 is 2.60 bits per heavy atom. The first-order valence-electron chi connectivity index (χ1n) is 4.36. The molecule has 0 radical (unpaired) electrons. The largest absolute Gasteiger partial charge is 0.324 e. The van der Waals surface area contributed by atoms with Gasteiger partial charge < -0.3 is 11.1 Å². The maximum Gasteiger partial charge on any atom is 0.243 e. The molecule has 0 aliphatic carbocycles. The van der Waals surface area contributed by atoms with E-state index < -0.39 is 5.54 Å².